The first kappa shape index (κ1) is 16.0. The molecule has 5 rings (SSSR count). The van der Waals surface area contributed by atoms with Crippen LogP contribution < -0.4 is 5.32 Å². The van der Waals surface area contributed by atoms with Crippen molar-refractivity contribution in [3.8, 4) is 0 Å². The van der Waals surface area contributed by atoms with Gasteiger partial charge in [-0.1, -0.05) is 0 Å². The summed E-state index contributed by atoms with van der Waals surface area (Å²) in [5.41, 5.74) is 4.94. The summed E-state index contributed by atoms with van der Waals surface area (Å²) in [5, 5.41) is 3.32. The van der Waals surface area contributed by atoms with Crippen LogP contribution in [0.15, 0.2) is 39.7 Å². The quantitative estimate of drug-likeness (QED) is 0.634. The first-order valence-corrected chi connectivity index (χ1v) is 10.2. The Morgan fingerprint density at radius 1 is 1.44 bits per heavy atom. The van der Waals surface area contributed by atoms with Gasteiger partial charge in [0.25, 0.3) is 0 Å². The molecule has 2 aliphatic carbocycles. The molecule has 130 valence electrons. The second-order valence-electron chi connectivity index (χ2n) is 6.50. The summed E-state index contributed by atoms with van der Waals surface area (Å²) < 4.78 is 0.782. The zero-order valence-electron chi connectivity index (χ0n) is 13.1. The van der Waals surface area contributed by atoms with Crippen molar-refractivity contribution >= 4 is 43.7 Å². The molecule has 2 atom stereocenters. The topological polar surface area (TPSA) is 62.0 Å². The second kappa shape index (κ2) is 5.18. The van der Waals surface area contributed by atoms with Crippen LogP contribution in [0.25, 0.3) is 0 Å². The number of carbonyl (C=O) groups excluding carboxylic acids is 2. The van der Waals surface area contributed by atoms with E-state index in [9.17, 15) is 9.59 Å². The van der Waals surface area contributed by atoms with E-state index < -0.39 is 4.75 Å². The molecule has 0 radical (unpaired) electrons. The van der Waals surface area contributed by atoms with Crippen molar-refractivity contribution in [3.05, 3.63) is 56.5 Å². The molecular weight excluding hydrogens is 447 g/mol. The Labute approximate surface area is 164 Å². The monoisotopic (exact) mass is 458 g/mol. The number of rotatable bonds is 1. The standard InChI is InChI=1S/C18H13BrN2O2S.Ni/c1-2-8-7-20-15-10(8)5-11-16(17(15)23)21-14-4-9-3-12(19)13(22)6-18(9,11)24-14;/h3-4,7,14,20-21H,2,6H2,1H3;. The van der Waals surface area contributed by atoms with Gasteiger partial charge in [-0.15, -0.1) is 0 Å². The molecule has 4 aliphatic rings. The van der Waals surface area contributed by atoms with Crippen LogP contribution in [0.2, 0.25) is 0 Å². The van der Waals surface area contributed by atoms with Gasteiger partial charge in [-0.3, -0.25) is 0 Å². The van der Waals surface area contributed by atoms with Crippen LogP contribution in [0.1, 0.15) is 35.0 Å². The van der Waals surface area contributed by atoms with Gasteiger partial charge in [-0.25, -0.2) is 0 Å². The molecule has 2 unspecified atom stereocenters. The minimum absolute atomic E-state index is 0.0184. The third-order valence-electron chi connectivity index (χ3n) is 5.23. The van der Waals surface area contributed by atoms with Crippen molar-refractivity contribution in [2.75, 3.05) is 0 Å². The van der Waals surface area contributed by atoms with Crippen LogP contribution in [0, 0.1) is 0 Å². The van der Waals surface area contributed by atoms with Crippen LogP contribution in [-0.4, -0.2) is 31.2 Å². The number of aromatic amines is 1. The van der Waals surface area contributed by atoms with Crippen LogP contribution in [0.5, 0.6) is 0 Å². The molecular formula is C18H13BrN2NiO2S. The normalized spacial score (nSPS) is 29.8. The number of aromatic nitrogens is 1. The zero-order valence-corrected chi connectivity index (χ0v) is 16.5. The minimum atomic E-state index is -0.539. The van der Waals surface area contributed by atoms with Crippen molar-refractivity contribution in [2.45, 2.75) is 29.9 Å². The number of hydrogen-bond donors (Lipinski definition) is 2. The Morgan fingerprint density at radius 3 is 3.00 bits per heavy atom. The first-order valence-electron chi connectivity index (χ1n) is 8.03. The maximum atomic E-state index is 13.1. The molecule has 1 aromatic rings. The van der Waals surface area contributed by atoms with Crippen molar-refractivity contribution in [2.24, 2.45) is 0 Å². The fourth-order valence-electron chi connectivity index (χ4n) is 4.08. The number of halogens is 1. The summed E-state index contributed by atoms with van der Waals surface area (Å²) in [4.78, 5) is 28.7. The van der Waals surface area contributed by atoms with E-state index in [1.54, 1.807) is 11.8 Å². The second-order valence-corrected chi connectivity index (χ2v) is 9.29. The van der Waals surface area contributed by atoms with Crippen LogP contribution in [-0.2, 0) is 26.2 Å². The van der Waals surface area contributed by atoms with Crippen molar-refractivity contribution in [1.82, 2.24) is 10.3 Å². The predicted octanol–water partition coefficient (Wildman–Crippen LogP) is 2.69. The molecule has 0 aromatic carbocycles. The summed E-state index contributed by atoms with van der Waals surface area (Å²) in [6.45, 7) is 2.05. The van der Waals surface area contributed by atoms with E-state index in [1.165, 1.54) is 0 Å². The van der Waals surface area contributed by atoms with E-state index in [4.69, 9.17) is 15.0 Å². The van der Waals surface area contributed by atoms with Crippen molar-refractivity contribution in [3.63, 3.8) is 0 Å². The Kier molecular flexibility index (Phi) is 3.32. The van der Waals surface area contributed by atoms with Gasteiger partial charge in [0.2, 0.25) is 0 Å². The number of hydrogen-bond acceptors (Lipinski definition) is 4. The SMILES string of the molecule is CCc1c[nH]c2c1[C](=[Ni])C1=C(NC3C=C4C=C(Br)C(=O)CC41S3)C2=O. The Hall–Kier alpha value is -1.17. The zero-order chi connectivity index (χ0) is 17.5. The number of carbonyl (C=O) groups is 2. The first-order chi connectivity index (χ1) is 12.0. The van der Waals surface area contributed by atoms with E-state index >= 15 is 0 Å². The molecule has 0 amide bonds. The summed E-state index contributed by atoms with van der Waals surface area (Å²) in [6, 6.07) is 0. The van der Waals surface area contributed by atoms with Gasteiger partial charge < -0.3 is 0 Å². The summed E-state index contributed by atoms with van der Waals surface area (Å²) in [6.07, 6.45) is 7.01. The number of fused-ring (bicyclic) bond motifs is 2. The molecule has 1 spiro atoms. The number of allylic oxidation sites excluding steroid dienone is 3. The summed E-state index contributed by atoms with van der Waals surface area (Å²) in [7, 11) is 0. The van der Waals surface area contributed by atoms with E-state index in [2.05, 4.69) is 39.2 Å². The van der Waals surface area contributed by atoms with Gasteiger partial charge in [0.1, 0.15) is 0 Å². The van der Waals surface area contributed by atoms with E-state index in [1.807, 2.05) is 12.3 Å². The molecule has 3 heterocycles. The molecule has 0 fully saturated rings. The summed E-state index contributed by atoms with van der Waals surface area (Å²) >= 11 is 10.5. The van der Waals surface area contributed by atoms with Crippen molar-refractivity contribution < 1.29 is 24.6 Å². The number of aryl methyl sites for hydroxylation is 1. The van der Waals surface area contributed by atoms with E-state index in [0.29, 0.717) is 22.3 Å². The number of thioether (sulfide) groups is 1. The average Bonchev–Trinajstić information content (AvgIpc) is 3.12. The summed E-state index contributed by atoms with van der Waals surface area (Å²) in [5.74, 6) is 0.000715. The van der Waals surface area contributed by atoms with E-state index in [-0.39, 0.29) is 16.9 Å². The van der Waals surface area contributed by atoms with Crippen LogP contribution in [0.3, 0.4) is 0 Å². The van der Waals surface area contributed by atoms with Gasteiger partial charge in [-0.2, -0.15) is 0 Å². The van der Waals surface area contributed by atoms with Gasteiger partial charge in [0, 0.05) is 0 Å². The fraction of sp³-hybridized carbons (Fsp3) is 0.278. The van der Waals surface area contributed by atoms with Crippen LogP contribution in [0.4, 0.5) is 0 Å². The van der Waals surface area contributed by atoms with Crippen molar-refractivity contribution in [1.29, 1.82) is 0 Å². The Morgan fingerprint density at radius 2 is 2.24 bits per heavy atom. The fourth-order valence-corrected chi connectivity index (χ4v) is 6.78. The van der Waals surface area contributed by atoms with E-state index in [0.717, 1.165) is 33.2 Å². The Bertz CT molecular complexity index is 1000. The molecule has 2 aliphatic heterocycles. The molecule has 2 bridgehead atoms. The molecule has 4 nitrogen and oxygen atoms in total. The third-order valence-corrected chi connectivity index (χ3v) is 7.89. The molecule has 2 N–H and O–H groups in total. The number of nitrogens with one attached hydrogen (secondary N) is 2. The van der Waals surface area contributed by atoms with Gasteiger partial charge in [0.05, 0.1) is 0 Å². The molecule has 0 saturated carbocycles. The molecule has 1 aromatic heterocycles. The van der Waals surface area contributed by atoms with Crippen LogP contribution >= 0.6 is 27.7 Å². The number of Topliss-reactive ketones (excluding diaryl/α,β-unsaturated/α-hetero) is 2. The van der Waals surface area contributed by atoms with Gasteiger partial charge in [-0.05, 0) is 0 Å². The third kappa shape index (κ3) is 1.92. The Balaban J connectivity index is 1.77. The van der Waals surface area contributed by atoms with Gasteiger partial charge in [0.15, 0.2) is 0 Å². The molecule has 0 saturated heterocycles. The molecule has 7 heteroatoms. The van der Waals surface area contributed by atoms with Gasteiger partial charge >= 0.3 is 165 Å². The number of H-pyrrole nitrogens is 1. The predicted molar refractivity (Wildman–Crippen MR) is 97.6 cm³/mol. The average molecular weight is 460 g/mol. The molecule has 25 heavy (non-hydrogen) atoms. The maximum absolute atomic E-state index is 13.1. The number of ketones is 2.